The lowest BCUT2D eigenvalue weighted by Crippen LogP contribution is -2.24. The van der Waals surface area contributed by atoms with Gasteiger partial charge in [-0.3, -0.25) is 4.99 Å². The Morgan fingerprint density at radius 2 is 1.91 bits per heavy atom. The Bertz CT molecular complexity index is 99.9. The molecule has 0 heterocycles. The van der Waals surface area contributed by atoms with E-state index >= 15 is 0 Å². The van der Waals surface area contributed by atoms with Crippen LogP contribution in [0.25, 0.3) is 0 Å². The van der Waals surface area contributed by atoms with Gasteiger partial charge in [-0.1, -0.05) is 20.8 Å². The second-order valence-electron chi connectivity index (χ2n) is 1.83. The van der Waals surface area contributed by atoms with E-state index in [1.54, 1.807) is 0 Å². The number of aliphatic imine (C=N–C) groups is 1. The molecule has 0 aliphatic heterocycles. The topological polar surface area (TPSA) is 84.6 Å². The van der Waals surface area contributed by atoms with Crippen LogP contribution < -0.4 is 11.5 Å². The van der Waals surface area contributed by atoms with Crippen LogP contribution in [0.15, 0.2) is 4.99 Å². The largest absolute Gasteiger partial charge is 0.391 e. The fraction of sp³-hybridized carbons (Fsp3) is 0.857. The van der Waals surface area contributed by atoms with Crippen LogP contribution in [-0.2, 0) is 0 Å². The molecule has 0 spiro atoms. The summed E-state index contributed by atoms with van der Waals surface area (Å²) in [7, 11) is 0. The van der Waals surface area contributed by atoms with E-state index < -0.39 is 6.10 Å². The van der Waals surface area contributed by atoms with Crippen LogP contribution in [0.3, 0.4) is 0 Å². The van der Waals surface area contributed by atoms with Gasteiger partial charge in [0.15, 0.2) is 5.96 Å². The zero-order valence-corrected chi connectivity index (χ0v) is 7.54. The number of hydrogen-bond acceptors (Lipinski definition) is 2. The highest BCUT2D eigenvalue weighted by Gasteiger charge is 1.96. The van der Waals surface area contributed by atoms with E-state index in [2.05, 4.69) is 4.99 Å². The molecule has 0 fully saturated rings. The van der Waals surface area contributed by atoms with Gasteiger partial charge in [-0.25, -0.2) is 0 Å². The second kappa shape index (κ2) is 9.23. The summed E-state index contributed by atoms with van der Waals surface area (Å²) in [6.45, 7) is 6.17. The first-order valence-corrected chi connectivity index (χ1v) is 3.90. The van der Waals surface area contributed by atoms with E-state index in [9.17, 15) is 0 Å². The van der Waals surface area contributed by atoms with Gasteiger partial charge in [-0.05, 0) is 6.42 Å². The highest BCUT2D eigenvalue weighted by Crippen LogP contribution is 1.88. The summed E-state index contributed by atoms with van der Waals surface area (Å²) in [6, 6.07) is 0. The highest BCUT2D eigenvalue weighted by molar-refractivity contribution is 5.75. The van der Waals surface area contributed by atoms with Crippen molar-refractivity contribution < 1.29 is 5.11 Å². The molecule has 0 aromatic heterocycles. The molecular formula is C7H19N3O. The summed E-state index contributed by atoms with van der Waals surface area (Å²) in [5.74, 6) is 0.0301. The minimum atomic E-state index is -0.410. The van der Waals surface area contributed by atoms with Gasteiger partial charge in [0.25, 0.3) is 0 Å². The molecule has 0 aromatic rings. The fourth-order valence-electron chi connectivity index (χ4n) is 0.340. The monoisotopic (exact) mass is 161 g/mol. The quantitative estimate of drug-likeness (QED) is 0.404. The molecule has 0 saturated heterocycles. The molecule has 0 saturated carbocycles. The summed E-state index contributed by atoms with van der Waals surface area (Å²) < 4.78 is 0. The van der Waals surface area contributed by atoms with Crippen LogP contribution in [0.2, 0.25) is 0 Å². The number of rotatable bonds is 3. The van der Waals surface area contributed by atoms with Crippen molar-refractivity contribution in [3.8, 4) is 0 Å². The van der Waals surface area contributed by atoms with Crippen molar-refractivity contribution in [1.29, 1.82) is 0 Å². The van der Waals surface area contributed by atoms with Crippen LogP contribution in [0.1, 0.15) is 27.2 Å². The number of guanidine groups is 1. The molecule has 1 atom stereocenters. The van der Waals surface area contributed by atoms with Crippen LogP contribution >= 0.6 is 0 Å². The molecular weight excluding hydrogens is 142 g/mol. The van der Waals surface area contributed by atoms with Gasteiger partial charge in [0.2, 0.25) is 0 Å². The van der Waals surface area contributed by atoms with Crippen LogP contribution in [-0.4, -0.2) is 23.7 Å². The lowest BCUT2D eigenvalue weighted by molar-refractivity contribution is 0.179. The van der Waals surface area contributed by atoms with E-state index in [-0.39, 0.29) is 5.96 Å². The lowest BCUT2D eigenvalue weighted by atomic mass is 10.3. The van der Waals surface area contributed by atoms with E-state index in [0.29, 0.717) is 13.0 Å². The molecule has 0 aliphatic rings. The summed E-state index contributed by atoms with van der Waals surface area (Å²) in [6.07, 6.45) is 0.267. The van der Waals surface area contributed by atoms with E-state index in [1.165, 1.54) is 0 Å². The van der Waals surface area contributed by atoms with Gasteiger partial charge >= 0.3 is 0 Å². The normalized spacial score (nSPS) is 10.9. The highest BCUT2D eigenvalue weighted by atomic mass is 16.3. The van der Waals surface area contributed by atoms with E-state index in [0.717, 1.165) is 0 Å². The molecule has 11 heavy (non-hydrogen) atoms. The van der Waals surface area contributed by atoms with Crippen LogP contribution in [0, 0.1) is 0 Å². The Hall–Kier alpha value is -0.770. The van der Waals surface area contributed by atoms with Crippen molar-refractivity contribution in [2.24, 2.45) is 16.5 Å². The molecule has 1 unspecified atom stereocenters. The van der Waals surface area contributed by atoms with Crippen LogP contribution in [0.5, 0.6) is 0 Å². The number of aliphatic hydroxyl groups is 1. The average molecular weight is 161 g/mol. The van der Waals surface area contributed by atoms with Crippen molar-refractivity contribution >= 4 is 5.96 Å². The minimum absolute atomic E-state index is 0.0301. The maximum absolute atomic E-state index is 8.89. The maximum atomic E-state index is 8.89. The first kappa shape index (κ1) is 12.9. The third-order valence-corrected chi connectivity index (χ3v) is 0.956. The molecule has 0 aliphatic carbocycles. The van der Waals surface area contributed by atoms with Gasteiger partial charge in [0.05, 0.1) is 12.6 Å². The SMILES string of the molecule is CC.CCC(O)CN=C(N)N. The molecule has 0 bridgehead atoms. The number of nitrogens with two attached hydrogens (primary N) is 2. The predicted molar refractivity (Wildman–Crippen MR) is 48.3 cm³/mol. The Kier molecular flexibility index (Phi) is 10.8. The summed E-state index contributed by atoms with van der Waals surface area (Å²) in [5.41, 5.74) is 10.0. The van der Waals surface area contributed by atoms with Gasteiger partial charge in [0, 0.05) is 0 Å². The van der Waals surface area contributed by atoms with Gasteiger partial charge in [-0.15, -0.1) is 0 Å². The Labute approximate surface area is 68.3 Å². The first-order valence-electron chi connectivity index (χ1n) is 3.90. The molecule has 0 rings (SSSR count). The van der Waals surface area contributed by atoms with Gasteiger partial charge in [-0.2, -0.15) is 0 Å². The number of nitrogens with zero attached hydrogens (tertiary/aromatic N) is 1. The molecule has 4 heteroatoms. The van der Waals surface area contributed by atoms with Crippen molar-refractivity contribution in [3.05, 3.63) is 0 Å². The molecule has 68 valence electrons. The summed E-state index contributed by atoms with van der Waals surface area (Å²) in [4.78, 5) is 3.62. The smallest absolute Gasteiger partial charge is 0.185 e. The zero-order valence-electron chi connectivity index (χ0n) is 7.54. The van der Waals surface area contributed by atoms with E-state index in [1.807, 2.05) is 20.8 Å². The third kappa shape index (κ3) is 12.4. The van der Waals surface area contributed by atoms with Gasteiger partial charge in [0.1, 0.15) is 0 Å². The first-order chi connectivity index (χ1) is 5.16. The van der Waals surface area contributed by atoms with Crippen LogP contribution in [0.4, 0.5) is 0 Å². The van der Waals surface area contributed by atoms with Gasteiger partial charge < -0.3 is 16.6 Å². The second-order valence-corrected chi connectivity index (χ2v) is 1.83. The fourth-order valence-corrected chi connectivity index (χ4v) is 0.340. The molecule has 0 aromatic carbocycles. The third-order valence-electron chi connectivity index (χ3n) is 0.956. The number of hydrogen-bond donors (Lipinski definition) is 3. The van der Waals surface area contributed by atoms with Crippen molar-refractivity contribution in [3.63, 3.8) is 0 Å². The average Bonchev–Trinajstić information content (AvgIpc) is 2.04. The minimum Gasteiger partial charge on any atom is -0.391 e. The molecule has 5 N–H and O–H groups in total. The summed E-state index contributed by atoms with van der Waals surface area (Å²) >= 11 is 0. The number of aliphatic hydroxyl groups excluding tert-OH is 1. The van der Waals surface area contributed by atoms with Crippen molar-refractivity contribution in [1.82, 2.24) is 0 Å². The van der Waals surface area contributed by atoms with Crippen molar-refractivity contribution in [2.75, 3.05) is 6.54 Å². The molecule has 0 amide bonds. The Balaban J connectivity index is 0. The lowest BCUT2D eigenvalue weighted by Gasteiger charge is -2.01. The standard InChI is InChI=1S/C5H13N3O.C2H6/c1-2-4(9)3-8-5(6)7;1-2/h4,9H,2-3H2,1H3,(H4,6,7,8);1-2H3. The van der Waals surface area contributed by atoms with Crippen molar-refractivity contribution in [2.45, 2.75) is 33.3 Å². The molecule has 4 nitrogen and oxygen atoms in total. The summed E-state index contributed by atoms with van der Waals surface area (Å²) in [5, 5.41) is 8.89. The maximum Gasteiger partial charge on any atom is 0.185 e. The predicted octanol–water partition coefficient (Wildman–Crippen LogP) is 0.0569. The Morgan fingerprint density at radius 3 is 2.18 bits per heavy atom. The van der Waals surface area contributed by atoms with E-state index in [4.69, 9.17) is 16.6 Å². The zero-order chi connectivity index (χ0) is 9.28. The molecule has 0 radical (unpaired) electrons. The Morgan fingerprint density at radius 1 is 1.45 bits per heavy atom.